The van der Waals surface area contributed by atoms with Crippen LogP contribution in [-0.2, 0) is 6.42 Å². The van der Waals surface area contributed by atoms with Crippen molar-refractivity contribution in [1.29, 1.82) is 0 Å². The fraction of sp³-hybridized carbons (Fsp3) is 0.375. The molecule has 1 heterocycles. The Labute approximate surface area is 131 Å². The van der Waals surface area contributed by atoms with Crippen molar-refractivity contribution in [1.82, 2.24) is 9.97 Å². The number of benzene rings is 1. The Kier molecular flexibility index (Phi) is 5.81. The summed E-state index contributed by atoms with van der Waals surface area (Å²) in [6.45, 7) is 6.93. The minimum Gasteiger partial charge on any atom is -0.357 e. The molecule has 0 aliphatic carbocycles. The lowest BCUT2D eigenvalue weighted by molar-refractivity contribution is 0.840. The van der Waals surface area contributed by atoms with E-state index in [0.717, 1.165) is 36.9 Å². The van der Waals surface area contributed by atoms with Gasteiger partial charge < -0.3 is 10.2 Å². The maximum absolute atomic E-state index is 5.88. The quantitative estimate of drug-likeness (QED) is 0.848. The molecule has 0 atom stereocenters. The minimum atomic E-state index is 0.674. The highest BCUT2D eigenvalue weighted by atomic mass is 35.5. The van der Waals surface area contributed by atoms with Gasteiger partial charge in [-0.25, -0.2) is 4.98 Å². The van der Waals surface area contributed by atoms with Crippen LogP contribution in [0.4, 0.5) is 11.8 Å². The molecular weight excluding hydrogens is 284 g/mol. The van der Waals surface area contributed by atoms with Gasteiger partial charge in [0, 0.05) is 30.9 Å². The second-order valence-electron chi connectivity index (χ2n) is 4.71. The Balaban J connectivity index is 1.91. The van der Waals surface area contributed by atoms with Crippen molar-refractivity contribution in [2.24, 2.45) is 0 Å². The fourth-order valence-electron chi connectivity index (χ4n) is 2.13. The number of hydrogen-bond donors (Lipinski definition) is 1. The molecule has 0 fully saturated rings. The van der Waals surface area contributed by atoms with Crippen molar-refractivity contribution in [2.75, 3.05) is 29.9 Å². The van der Waals surface area contributed by atoms with Gasteiger partial charge in [0.2, 0.25) is 5.95 Å². The van der Waals surface area contributed by atoms with Gasteiger partial charge >= 0.3 is 0 Å². The van der Waals surface area contributed by atoms with Crippen molar-refractivity contribution in [3.8, 4) is 0 Å². The Hall–Kier alpha value is -1.81. The topological polar surface area (TPSA) is 41.1 Å². The van der Waals surface area contributed by atoms with Gasteiger partial charge in [-0.15, -0.1) is 0 Å². The monoisotopic (exact) mass is 304 g/mol. The van der Waals surface area contributed by atoms with E-state index in [4.69, 9.17) is 11.6 Å². The summed E-state index contributed by atoms with van der Waals surface area (Å²) in [6, 6.07) is 9.84. The molecule has 1 aromatic carbocycles. The van der Waals surface area contributed by atoms with Crippen LogP contribution in [0.2, 0.25) is 5.02 Å². The molecule has 0 saturated heterocycles. The molecule has 2 rings (SSSR count). The Morgan fingerprint density at radius 3 is 2.48 bits per heavy atom. The summed E-state index contributed by atoms with van der Waals surface area (Å²) >= 11 is 5.88. The SMILES string of the molecule is CCN(CC)c1ccnc(NCCc2ccc(Cl)cc2)n1. The molecule has 1 N–H and O–H groups in total. The van der Waals surface area contributed by atoms with E-state index in [2.05, 4.69) is 34.0 Å². The number of nitrogens with one attached hydrogen (secondary N) is 1. The molecule has 5 heteroatoms. The highest BCUT2D eigenvalue weighted by Gasteiger charge is 2.04. The number of anilines is 2. The predicted molar refractivity (Wildman–Crippen MR) is 89.2 cm³/mol. The molecule has 2 aromatic rings. The second-order valence-corrected chi connectivity index (χ2v) is 5.15. The van der Waals surface area contributed by atoms with Crippen LogP contribution < -0.4 is 10.2 Å². The van der Waals surface area contributed by atoms with Gasteiger partial charge in [0.25, 0.3) is 0 Å². The molecule has 0 spiro atoms. The summed E-state index contributed by atoms with van der Waals surface area (Å²) < 4.78 is 0. The molecule has 0 aliphatic heterocycles. The van der Waals surface area contributed by atoms with Crippen LogP contribution >= 0.6 is 11.6 Å². The van der Waals surface area contributed by atoms with Gasteiger partial charge in [0.05, 0.1) is 0 Å². The number of aromatic nitrogens is 2. The van der Waals surface area contributed by atoms with Gasteiger partial charge in [-0.3, -0.25) is 0 Å². The average Bonchev–Trinajstić information content (AvgIpc) is 2.51. The van der Waals surface area contributed by atoms with Crippen LogP contribution in [0.15, 0.2) is 36.5 Å². The lowest BCUT2D eigenvalue weighted by atomic mass is 10.1. The molecule has 0 radical (unpaired) electrons. The van der Waals surface area contributed by atoms with Crippen molar-refractivity contribution >= 4 is 23.4 Å². The van der Waals surface area contributed by atoms with Crippen molar-refractivity contribution < 1.29 is 0 Å². The fourth-order valence-corrected chi connectivity index (χ4v) is 2.25. The smallest absolute Gasteiger partial charge is 0.224 e. The zero-order chi connectivity index (χ0) is 15.1. The summed E-state index contributed by atoms with van der Waals surface area (Å²) in [4.78, 5) is 11.0. The second kappa shape index (κ2) is 7.84. The van der Waals surface area contributed by atoms with Crippen LogP contribution in [0, 0.1) is 0 Å². The van der Waals surface area contributed by atoms with E-state index in [1.807, 2.05) is 30.3 Å². The van der Waals surface area contributed by atoms with Crippen LogP contribution in [0.1, 0.15) is 19.4 Å². The average molecular weight is 305 g/mol. The van der Waals surface area contributed by atoms with E-state index in [1.54, 1.807) is 6.20 Å². The highest BCUT2D eigenvalue weighted by molar-refractivity contribution is 6.30. The highest BCUT2D eigenvalue weighted by Crippen LogP contribution is 2.12. The lowest BCUT2D eigenvalue weighted by Crippen LogP contribution is -2.23. The van der Waals surface area contributed by atoms with Crippen LogP contribution in [0.25, 0.3) is 0 Å². The maximum atomic E-state index is 5.88. The van der Waals surface area contributed by atoms with E-state index in [1.165, 1.54) is 5.56 Å². The number of hydrogen-bond acceptors (Lipinski definition) is 4. The number of rotatable bonds is 7. The predicted octanol–water partition coefficient (Wildman–Crippen LogP) is 3.63. The van der Waals surface area contributed by atoms with Gasteiger partial charge in [0.15, 0.2) is 0 Å². The van der Waals surface area contributed by atoms with Crippen LogP contribution in [-0.4, -0.2) is 29.6 Å². The zero-order valence-electron chi connectivity index (χ0n) is 12.5. The van der Waals surface area contributed by atoms with Crippen LogP contribution in [0.3, 0.4) is 0 Å². The lowest BCUT2D eigenvalue weighted by Gasteiger charge is -2.19. The first kappa shape index (κ1) is 15.6. The zero-order valence-corrected chi connectivity index (χ0v) is 13.3. The summed E-state index contributed by atoms with van der Waals surface area (Å²) in [5, 5.41) is 4.04. The van der Waals surface area contributed by atoms with Gasteiger partial charge in [-0.1, -0.05) is 23.7 Å². The largest absolute Gasteiger partial charge is 0.357 e. The normalized spacial score (nSPS) is 10.4. The maximum Gasteiger partial charge on any atom is 0.224 e. The molecule has 0 amide bonds. The summed E-state index contributed by atoms with van der Waals surface area (Å²) in [7, 11) is 0. The molecular formula is C16H21ClN4. The first-order valence-corrected chi connectivity index (χ1v) is 7.67. The number of halogens is 1. The molecule has 0 aliphatic rings. The molecule has 4 nitrogen and oxygen atoms in total. The van der Waals surface area contributed by atoms with Crippen molar-refractivity contribution in [3.05, 3.63) is 47.1 Å². The van der Waals surface area contributed by atoms with E-state index >= 15 is 0 Å². The van der Waals surface area contributed by atoms with Crippen LogP contribution in [0.5, 0.6) is 0 Å². The Morgan fingerprint density at radius 2 is 1.81 bits per heavy atom. The van der Waals surface area contributed by atoms with Gasteiger partial charge in [0.1, 0.15) is 5.82 Å². The van der Waals surface area contributed by atoms with Crippen molar-refractivity contribution in [3.63, 3.8) is 0 Å². The molecule has 112 valence electrons. The Bertz CT molecular complexity index is 552. The summed E-state index contributed by atoms with van der Waals surface area (Å²) in [5.41, 5.74) is 1.24. The Morgan fingerprint density at radius 1 is 1.10 bits per heavy atom. The summed E-state index contributed by atoms with van der Waals surface area (Å²) in [6.07, 6.45) is 2.71. The molecule has 0 unspecified atom stereocenters. The first-order chi connectivity index (χ1) is 10.2. The first-order valence-electron chi connectivity index (χ1n) is 7.29. The van der Waals surface area contributed by atoms with Gasteiger partial charge in [-0.2, -0.15) is 4.98 Å². The molecule has 1 aromatic heterocycles. The van der Waals surface area contributed by atoms with E-state index in [-0.39, 0.29) is 0 Å². The standard InChI is InChI=1S/C16H21ClN4/c1-3-21(4-2)15-10-12-19-16(20-15)18-11-9-13-5-7-14(17)8-6-13/h5-8,10,12H,3-4,9,11H2,1-2H3,(H,18,19,20). The molecule has 0 saturated carbocycles. The van der Waals surface area contributed by atoms with Gasteiger partial charge in [-0.05, 0) is 44.0 Å². The van der Waals surface area contributed by atoms with E-state index in [9.17, 15) is 0 Å². The molecule has 0 bridgehead atoms. The van der Waals surface area contributed by atoms with E-state index < -0.39 is 0 Å². The third-order valence-corrected chi connectivity index (χ3v) is 3.59. The minimum absolute atomic E-state index is 0.674. The number of nitrogens with zero attached hydrogens (tertiary/aromatic N) is 3. The summed E-state index contributed by atoms with van der Waals surface area (Å²) in [5.74, 6) is 1.64. The van der Waals surface area contributed by atoms with E-state index in [0.29, 0.717) is 5.95 Å². The van der Waals surface area contributed by atoms with Crippen molar-refractivity contribution in [2.45, 2.75) is 20.3 Å². The third kappa shape index (κ3) is 4.60. The molecule has 21 heavy (non-hydrogen) atoms. The third-order valence-electron chi connectivity index (χ3n) is 3.34.